The summed E-state index contributed by atoms with van der Waals surface area (Å²) in [6, 6.07) is 2.21. The van der Waals surface area contributed by atoms with E-state index in [2.05, 4.69) is 25.0 Å². The Morgan fingerprint density at radius 3 is 2.78 bits per heavy atom. The van der Waals surface area contributed by atoms with Gasteiger partial charge in [-0.2, -0.15) is 5.10 Å². The van der Waals surface area contributed by atoms with Crippen LogP contribution in [0.2, 0.25) is 0 Å². The third-order valence-electron chi connectivity index (χ3n) is 3.23. The largest absolute Gasteiger partial charge is 0.350 e. The van der Waals surface area contributed by atoms with Gasteiger partial charge in [0.15, 0.2) is 6.29 Å². The molecule has 1 atom stereocenters. The van der Waals surface area contributed by atoms with Gasteiger partial charge in [-0.05, 0) is 19.4 Å². The molecule has 0 aromatic carbocycles. The maximum atomic E-state index is 6.16. The molecular formula is C13H23N3O2. The first-order valence-electron chi connectivity index (χ1n) is 6.77. The molecule has 0 saturated carbocycles. The molecule has 2 N–H and O–H groups in total. The lowest BCUT2D eigenvalue weighted by Crippen LogP contribution is -2.29. The van der Waals surface area contributed by atoms with Crippen molar-refractivity contribution in [1.29, 1.82) is 0 Å². The van der Waals surface area contributed by atoms with Gasteiger partial charge in [0, 0.05) is 31.1 Å². The smallest absolute Gasteiger partial charge is 0.159 e. The zero-order valence-electron chi connectivity index (χ0n) is 11.3. The van der Waals surface area contributed by atoms with E-state index in [1.54, 1.807) is 0 Å². The molecule has 1 fully saturated rings. The number of rotatable bonds is 6. The summed E-state index contributed by atoms with van der Waals surface area (Å²) >= 11 is 0. The number of hydrogen-bond acceptors (Lipinski definition) is 4. The molecule has 102 valence electrons. The lowest BCUT2D eigenvalue weighted by Gasteiger charge is -2.16. The fourth-order valence-corrected chi connectivity index (χ4v) is 2.27. The van der Waals surface area contributed by atoms with E-state index in [4.69, 9.17) is 15.2 Å². The van der Waals surface area contributed by atoms with Crippen molar-refractivity contribution in [2.75, 3.05) is 13.2 Å². The molecule has 5 nitrogen and oxygen atoms in total. The summed E-state index contributed by atoms with van der Waals surface area (Å²) in [6.07, 6.45) is 2.41. The normalized spacial score (nSPS) is 18.4. The van der Waals surface area contributed by atoms with Gasteiger partial charge < -0.3 is 15.2 Å². The monoisotopic (exact) mass is 253 g/mol. The third-order valence-corrected chi connectivity index (χ3v) is 3.23. The molecule has 2 rings (SSSR count). The zero-order chi connectivity index (χ0) is 13.0. The van der Waals surface area contributed by atoms with Crippen LogP contribution in [0.25, 0.3) is 0 Å². The second kappa shape index (κ2) is 6.31. The van der Waals surface area contributed by atoms with Crippen molar-refractivity contribution in [2.45, 2.75) is 52.0 Å². The number of nitrogens with two attached hydrogens (primary N) is 1. The highest BCUT2D eigenvalue weighted by molar-refractivity contribution is 5.11. The van der Waals surface area contributed by atoms with Crippen LogP contribution in [0, 0.1) is 0 Å². The maximum Gasteiger partial charge on any atom is 0.159 e. The Hall–Kier alpha value is -0.910. The summed E-state index contributed by atoms with van der Waals surface area (Å²) < 4.78 is 12.9. The van der Waals surface area contributed by atoms with Crippen LogP contribution in [0.15, 0.2) is 6.07 Å². The SMILES string of the molecule is CCc1cc(CC(N)CC2OCCO2)n(CC)n1. The first-order chi connectivity index (χ1) is 8.72. The van der Waals surface area contributed by atoms with Crippen LogP contribution < -0.4 is 5.73 Å². The molecule has 1 aliphatic rings. The van der Waals surface area contributed by atoms with E-state index >= 15 is 0 Å². The van der Waals surface area contributed by atoms with Crippen molar-refractivity contribution in [3.8, 4) is 0 Å². The van der Waals surface area contributed by atoms with Crippen molar-refractivity contribution >= 4 is 0 Å². The van der Waals surface area contributed by atoms with Gasteiger partial charge in [-0.3, -0.25) is 4.68 Å². The van der Waals surface area contributed by atoms with Gasteiger partial charge in [0.05, 0.1) is 18.9 Å². The lowest BCUT2D eigenvalue weighted by molar-refractivity contribution is -0.0505. The summed E-state index contributed by atoms with van der Waals surface area (Å²) in [6.45, 7) is 6.48. The Morgan fingerprint density at radius 2 is 2.17 bits per heavy atom. The van der Waals surface area contributed by atoms with Crippen LogP contribution >= 0.6 is 0 Å². The van der Waals surface area contributed by atoms with Gasteiger partial charge in [0.2, 0.25) is 0 Å². The number of aromatic nitrogens is 2. The summed E-state index contributed by atoms with van der Waals surface area (Å²) in [5.41, 5.74) is 8.50. The molecule has 0 amide bonds. The summed E-state index contributed by atoms with van der Waals surface area (Å²) in [5.74, 6) is 0. The average molecular weight is 253 g/mol. The van der Waals surface area contributed by atoms with Crippen molar-refractivity contribution < 1.29 is 9.47 Å². The predicted molar refractivity (Wildman–Crippen MR) is 69.3 cm³/mol. The molecular weight excluding hydrogens is 230 g/mol. The first-order valence-corrected chi connectivity index (χ1v) is 6.77. The highest BCUT2D eigenvalue weighted by Gasteiger charge is 2.20. The van der Waals surface area contributed by atoms with E-state index in [1.807, 2.05) is 4.68 Å². The number of aryl methyl sites for hydroxylation is 2. The van der Waals surface area contributed by atoms with Gasteiger partial charge in [-0.25, -0.2) is 0 Å². The average Bonchev–Trinajstić information content (AvgIpc) is 2.98. The highest BCUT2D eigenvalue weighted by Crippen LogP contribution is 2.14. The Kier molecular flexibility index (Phi) is 4.74. The Morgan fingerprint density at radius 1 is 1.44 bits per heavy atom. The van der Waals surface area contributed by atoms with E-state index < -0.39 is 0 Å². The lowest BCUT2D eigenvalue weighted by atomic mass is 10.1. The molecule has 1 aromatic rings. The molecule has 0 bridgehead atoms. The van der Waals surface area contributed by atoms with Crippen molar-refractivity contribution in [2.24, 2.45) is 5.73 Å². The summed E-state index contributed by atoms with van der Waals surface area (Å²) in [7, 11) is 0. The first kappa shape index (κ1) is 13.5. The van der Waals surface area contributed by atoms with E-state index in [0.29, 0.717) is 13.2 Å². The van der Waals surface area contributed by atoms with Crippen LogP contribution in [0.4, 0.5) is 0 Å². The zero-order valence-corrected chi connectivity index (χ0v) is 11.3. The Bertz CT molecular complexity index is 372. The van der Waals surface area contributed by atoms with Gasteiger partial charge in [-0.15, -0.1) is 0 Å². The minimum atomic E-state index is -0.122. The van der Waals surface area contributed by atoms with Gasteiger partial charge in [-0.1, -0.05) is 6.92 Å². The van der Waals surface area contributed by atoms with Crippen molar-refractivity contribution in [3.63, 3.8) is 0 Å². The quantitative estimate of drug-likeness (QED) is 0.824. The van der Waals surface area contributed by atoms with E-state index in [-0.39, 0.29) is 12.3 Å². The van der Waals surface area contributed by atoms with Gasteiger partial charge in [0.25, 0.3) is 0 Å². The summed E-state index contributed by atoms with van der Waals surface area (Å²) in [5, 5.41) is 4.53. The molecule has 0 radical (unpaired) electrons. The van der Waals surface area contributed by atoms with Crippen molar-refractivity contribution in [3.05, 3.63) is 17.5 Å². The maximum absolute atomic E-state index is 6.16. The van der Waals surface area contributed by atoms with E-state index in [1.165, 1.54) is 5.69 Å². The highest BCUT2D eigenvalue weighted by atomic mass is 16.7. The molecule has 1 unspecified atom stereocenters. The molecule has 1 saturated heterocycles. The fourth-order valence-electron chi connectivity index (χ4n) is 2.27. The standard InChI is InChI=1S/C13H23N3O2/c1-3-11-9-12(16(4-2)15-11)7-10(14)8-13-17-5-6-18-13/h9-10,13H,3-8,14H2,1-2H3. The number of nitrogens with zero attached hydrogens (tertiary/aromatic N) is 2. The number of hydrogen-bond donors (Lipinski definition) is 1. The van der Waals surface area contributed by atoms with E-state index in [9.17, 15) is 0 Å². The minimum absolute atomic E-state index is 0.0554. The van der Waals surface area contributed by atoms with Crippen molar-refractivity contribution in [1.82, 2.24) is 9.78 Å². The number of ether oxygens (including phenoxy) is 2. The van der Waals surface area contributed by atoms with Crippen LogP contribution in [0.1, 0.15) is 31.7 Å². The van der Waals surface area contributed by atoms with Gasteiger partial charge in [0.1, 0.15) is 0 Å². The second-order valence-electron chi connectivity index (χ2n) is 4.67. The molecule has 5 heteroatoms. The van der Waals surface area contributed by atoms with Crippen LogP contribution in [-0.2, 0) is 28.9 Å². The third kappa shape index (κ3) is 3.31. The molecule has 0 spiro atoms. The summed E-state index contributed by atoms with van der Waals surface area (Å²) in [4.78, 5) is 0. The van der Waals surface area contributed by atoms with E-state index in [0.717, 1.165) is 31.5 Å². The van der Waals surface area contributed by atoms with Gasteiger partial charge >= 0.3 is 0 Å². The predicted octanol–water partition coefficient (Wildman–Crippen LogP) is 1.10. The molecule has 2 heterocycles. The molecule has 18 heavy (non-hydrogen) atoms. The van der Waals surface area contributed by atoms with Crippen LogP contribution in [0.3, 0.4) is 0 Å². The molecule has 0 aliphatic carbocycles. The topological polar surface area (TPSA) is 62.3 Å². The second-order valence-corrected chi connectivity index (χ2v) is 4.67. The Labute approximate surface area is 108 Å². The van der Waals surface area contributed by atoms with Crippen LogP contribution in [-0.4, -0.2) is 35.3 Å². The van der Waals surface area contributed by atoms with Crippen LogP contribution in [0.5, 0.6) is 0 Å². The fraction of sp³-hybridized carbons (Fsp3) is 0.769. The Balaban J connectivity index is 1.92. The minimum Gasteiger partial charge on any atom is -0.350 e. The molecule has 1 aliphatic heterocycles. The molecule has 1 aromatic heterocycles.